The number of hydrogen-bond donors (Lipinski definition) is 1. The molecule has 0 bridgehead atoms. The van der Waals surface area contributed by atoms with Crippen molar-refractivity contribution in [2.45, 2.75) is 30.5 Å². The summed E-state index contributed by atoms with van der Waals surface area (Å²) in [5.74, 6) is -4.17. The van der Waals surface area contributed by atoms with Gasteiger partial charge in [-0.25, -0.2) is 4.98 Å². The Morgan fingerprint density at radius 1 is 1.22 bits per heavy atom. The van der Waals surface area contributed by atoms with Gasteiger partial charge in [-0.05, 0) is 17.9 Å². The van der Waals surface area contributed by atoms with Crippen molar-refractivity contribution in [3.05, 3.63) is 36.8 Å². The van der Waals surface area contributed by atoms with Crippen LogP contribution in [0.1, 0.15) is 6.92 Å². The predicted octanol–water partition coefficient (Wildman–Crippen LogP) is 3.93. The summed E-state index contributed by atoms with van der Waals surface area (Å²) in [6.07, 6.45) is -1.91. The Kier molecular flexibility index (Phi) is 4.98. The molecule has 0 saturated heterocycles. The van der Waals surface area contributed by atoms with Crippen LogP contribution in [0, 0.1) is 0 Å². The van der Waals surface area contributed by atoms with Gasteiger partial charge >= 0.3 is 12.1 Å². The smallest absolute Gasteiger partial charge is 0.284 e. The van der Waals surface area contributed by atoms with Gasteiger partial charge in [-0.15, -0.1) is 11.8 Å². The molecule has 0 aliphatic rings. The van der Waals surface area contributed by atoms with Crippen molar-refractivity contribution in [2.75, 3.05) is 5.75 Å². The summed E-state index contributed by atoms with van der Waals surface area (Å²) < 4.78 is 65.4. The molecule has 0 spiro atoms. The molecule has 3 aromatic heterocycles. The van der Waals surface area contributed by atoms with Gasteiger partial charge in [0.25, 0.3) is 5.69 Å². The molecular formula is C16H14F5N4OS+. The van der Waals surface area contributed by atoms with E-state index in [1.807, 2.05) is 6.92 Å². The molecule has 1 N–H and O–H groups in total. The fourth-order valence-corrected chi connectivity index (χ4v) is 3.32. The Labute approximate surface area is 154 Å². The van der Waals surface area contributed by atoms with Crippen LogP contribution in [0.3, 0.4) is 0 Å². The number of fused-ring (bicyclic) bond motifs is 1. The van der Waals surface area contributed by atoms with Crippen LogP contribution in [0.2, 0.25) is 0 Å². The average Bonchev–Trinajstić information content (AvgIpc) is 2.96. The van der Waals surface area contributed by atoms with Crippen molar-refractivity contribution in [2.24, 2.45) is 0 Å². The van der Waals surface area contributed by atoms with E-state index in [9.17, 15) is 27.2 Å². The van der Waals surface area contributed by atoms with Gasteiger partial charge < -0.3 is 0 Å². The molecule has 0 aromatic carbocycles. The van der Waals surface area contributed by atoms with E-state index >= 15 is 0 Å². The van der Waals surface area contributed by atoms with Gasteiger partial charge in [0, 0.05) is 16.2 Å². The molecule has 0 unspecified atom stereocenters. The molecule has 0 atom stereocenters. The molecular weight excluding hydrogens is 391 g/mol. The summed E-state index contributed by atoms with van der Waals surface area (Å²) in [5.41, 5.74) is 0.760. The Morgan fingerprint density at radius 3 is 2.63 bits per heavy atom. The van der Waals surface area contributed by atoms with Crippen molar-refractivity contribution < 1.29 is 31.9 Å². The molecule has 0 saturated carbocycles. The van der Waals surface area contributed by atoms with Crippen LogP contribution < -0.4 is 4.73 Å². The van der Waals surface area contributed by atoms with E-state index < -0.39 is 18.6 Å². The zero-order valence-corrected chi connectivity index (χ0v) is 14.7. The normalized spacial score (nSPS) is 12.7. The van der Waals surface area contributed by atoms with E-state index in [0.29, 0.717) is 21.5 Å². The summed E-state index contributed by atoms with van der Waals surface area (Å²) in [6.45, 7) is 0.300. The third kappa shape index (κ3) is 3.68. The Morgan fingerprint density at radius 2 is 1.96 bits per heavy atom. The summed E-state index contributed by atoms with van der Waals surface area (Å²) in [6, 6.07) is 4.92. The van der Waals surface area contributed by atoms with Gasteiger partial charge in [-0.2, -0.15) is 27.1 Å². The summed E-state index contributed by atoms with van der Waals surface area (Å²) in [7, 11) is 0. The van der Waals surface area contributed by atoms with Crippen LogP contribution in [0.5, 0.6) is 0 Å². The van der Waals surface area contributed by atoms with E-state index in [0.717, 1.165) is 21.6 Å². The molecule has 5 nitrogen and oxygen atoms in total. The van der Waals surface area contributed by atoms with Gasteiger partial charge in [0.05, 0.1) is 22.8 Å². The van der Waals surface area contributed by atoms with E-state index in [1.54, 1.807) is 12.1 Å². The first-order chi connectivity index (χ1) is 12.6. The second-order valence-electron chi connectivity index (χ2n) is 5.63. The number of pyridine rings is 2. The third-order valence-electron chi connectivity index (χ3n) is 3.77. The van der Waals surface area contributed by atoms with Crippen LogP contribution in [-0.2, 0) is 6.54 Å². The number of alkyl halides is 5. The molecule has 0 aliphatic heterocycles. The lowest BCUT2D eigenvalue weighted by atomic mass is 10.2. The van der Waals surface area contributed by atoms with Gasteiger partial charge in [0.1, 0.15) is 12.2 Å². The number of thioether (sulfide) groups is 1. The highest BCUT2D eigenvalue weighted by Crippen LogP contribution is 2.37. The first kappa shape index (κ1) is 19.3. The van der Waals surface area contributed by atoms with Crippen molar-refractivity contribution in [3.63, 3.8) is 0 Å². The highest BCUT2D eigenvalue weighted by atomic mass is 32.2. The van der Waals surface area contributed by atoms with Crippen LogP contribution in [0.4, 0.5) is 22.0 Å². The molecule has 0 aliphatic carbocycles. The Bertz CT molecular complexity index is 973. The largest absolute Gasteiger partial charge is 0.455 e. The van der Waals surface area contributed by atoms with E-state index in [1.165, 1.54) is 30.2 Å². The van der Waals surface area contributed by atoms with Crippen molar-refractivity contribution in [1.29, 1.82) is 0 Å². The van der Waals surface area contributed by atoms with Crippen LogP contribution >= 0.6 is 11.8 Å². The Balaban J connectivity index is 2.03. The third-order valence-corrected chi connectivity index (χ3v) is 4.70. The highest BCUT2D eigenvalue weighted by Gasteiger charge is 2.57. The second-order valence-corrected chi connectivity index (χ2v) is 6.94. The maximum absolute atomic E-state index is 13.3. The molecule has 3 aromatic rings. The monoisotopic (exact) mass is 405 g/mol. The molecule has 11 heteroatoms. The SMILES string of the molecule is CCSc1ccc[n+](O)c1-c1cc2cnn(CC(F)(F)C(F)(F)F)c2cn1. The number of rotatable bonds is 5. The number of nitrogens with zero attached hydrogens (tertiary/aromatic N) is 4. The average molecular weight is 405 g/mol. The molecule has 144 valence electrons. The fourth-order valence-electron chi connectivity index (χ4n) is 2.50. The van der Waals surface area contributed by atoms with Crippen molar-refractivity contribution in [3.8, 4) is 11.4 Å². The summed E-state index contributed by atoms with van der Waals surface area (Å²) in [4.78, 5) is 4.87. The first-order valence-electron chi connectivity index (χ1n) is 7.77. The lowest BCUT2D eigenvalue weighted by Crippen LogP contribution is -2.40. The second kappa shape index (κ2) is 6.95. The lowest BCUT2D eigenvalue weighted by Gasteiger charge is -2.19. The number of hydrogen-bond acceptors (Lipinski definition) is 4. The van der Waals surface area contributed by atoms with Crippen LogP contribution in [0.15, 0.2) is 41.7 Å². The lowest BCUT2D eigenvalue weighted by molar-refractivity contribution is -0.897. The summed E-state index contributed by atoms with van der Waals surface area (Å²) >= 11 is 1.47. The molecule has 27 heavy (non-hydrogen) atoms. The minimum atomic E-state index is -5.67. The first-order valence-corrected chi connectivity index (χ1v) is 8.76. The summed E-state index contributed by atoms with van der Waals surface area (Å²) in [5, 5.41) is 14.1. The molecule has 0 amide bonds. The maximum Gasteiger partial charge on any atom is 0.455 e. The van der Waals surface area contributed by atoms with E-state index in [4.69, 9.17) is 0 Å². The zero-order valence-electron chi connectivity index (χ0n) is 13.9. The molecule has 3 heterocycles. The maximum atomic E-state index is 13.3. The fraction of sp³-hybridized carbons (Fsp3) is 0.312. The van der Waals surface area contributed by atoms with E-state index in [2.05, 4.69) is 10.1 Å². The zero-order chi connectivity index (χ0) is 19.8. The van der Waals surface area contributed by atoms with Crippen molar-refractivity contribution >= 4 is 22.7 Å². The minimum absolute atomic E-state index is 0.0350. The standard InChI is InChI=1S/C16H14F5N4OS/c1-2-27-13-4-3-5-25(26)14(13)11-6-10-7-23-24(12(10)8-22-11)9-15(17,18)16(19,20)21/h3-8,26H,2,9H2,1H3/q+1. The number of halogens is 5. The molecule has 0 fully saturated rings. The van der Waals surface area contributed by atoms with Crippen LogP contribution in [-0.4, -0.2) is 37.8 Å². The number of aromatic nitrogens is 4. The van der Waals surface area contributed by atoms with Crippen molar-refractivity contribution in [1.82, 2.24) is 14.8 Å². The van der Waals surface area contributed by atoms with E-state index in [-0.39, 0.29) is 5.52 Å². The highest BCUT2D eigenvalue weighted by molar-refractivity contribution is 7.99. The van der Waals surface area contributed by atoms with Crippen LogP contribution in [0.25, 0.3) is 22.3 Å². The van der Waals surface area contributed by atoms with Gasteiger partial charge in [-0.1, -0.05) is 6.92 Å². The van der Waals surface area contributed by atoms with Gasteiger partial charge in [0.15, 0.2) is 0 Å². The molecule has 0 radical (unpaired) electrons. The van der Waals surface area contributed by atoms with Gasteiger partial charge in [-0.3, -0.25) is 9.89 Å². The molecule has 3 rings (SSSR count). The Hall–Kier alpha value is -2.43. The topological polar surface area (TPSA) is 54.8 Å². The quantitative estimate of drug-likeness (QED) is 0.303. The predicted molar refractivity (Wildman–Crippen MR) is 87.7 cm³/mol. The van der Waals surface area contributed by atoms with Gasteiger partial charge in [0.2, 0.25) is 6.20 Å². The minimum Gasteiger partial charge on any atom is -0.284 e.